The Balaban J connectivity index is 1.60. The van der Waals surface area contributed by atoms with E-state index in [0.717, 1.165) is 25.9 Å². The average molecular weight is 335 g/mol. The number of aryl methyl sites for hydroxylation is 1. The number of carbonyl (C=O) groups excluding carboxylic acids is 1. The first-order valence-electron chi connectivity index (χ1n) is 7.54. The van der Waals surface area contributed by atoms with Gasteiger partial charge in [0.2, 0.25) is 5.95 Å². The molecule has 0 spiro atoms. The minimum atomic E-state index is -0.0354. The maximum atomic E-state index is 12.4. The fraction of sp³-hybridized carbons (Fsp3) is 0.467. The molecule has 3 heterocycles. The molecule has 0 aliphatic carbocycles. The Morgan fingerprint density at radius 3 is 2.52 bits per heavy atom. The number of hydrogen-bond donors (Lipinski definition) is 0. The van der Waals surface area contributed by atoms with Crippen LogP contribution in [-0.2, 0) is 7.05 Å². The quantitative estimate of drug-likeness (QED) is 0.853. The van der Waals surface area contributed by atoms with Crippen LogP contribution in [0, 0.1) is 0 Å². The standard InChI is InChI=1S/C15H19ClN6O/c1-20-6-5-13(19-20)14(23)21(2)12-3-7-22(8-4-12)15-17-9-11(16)10-18-15/h5-6,9-10,12H,3-4,7-8H2,1-2H3. The predicted octanol–water partition coefficient (Wildman–Crippen LogP) is 1.60. The summed E-state index contributed by atoms with van der Waals surface area (Å²) in [7, 11) is 3.65. The molecule has 122 valence electrons. The van der Waals surface area contributed by atoms with Crippen molar-refractivity contribution in [2.75, 3.05) is 25.0 Å². The van der Waals surface area contributed by atoms with Gasteiger partial charge in [0.1, 0.15) is 5.69 Å². The Bertz CT molecular complexity index is 678. The number of halogens is 1. The zero-order chi connectivity index (χ0) is 16.4. The average Bonchev–Trinajstić information content (AvgIpc) is 3.01. The molecule has 0 unspecified atom stereocenters. The first kappa shape index (κ1) is 15.7. The van der Waals surface area contributed by atoms with Gasteiger partial charge in [-0.1, -0.05) is 11.6 Å². The lowest BCUT2D eigenvalue weighted by Crippen LogP contribution is -2.46. The summed E-state index contributed by atoms with van der Waals surface area (Å²) in [6.07, 6.45) is 6.74. The van der Waals surface area contributed by atoms with E-state index in [1.165, 1.54) is 0 Å². The van der Waals surface area contributed by atoms with E-state index in [-0.39, 0.29) is 11.9 Å². The number of anilines is 1. The van der Waals surface area contributed by atoms with E-state index in [2.05, 4.69) is 20.0 Å². The number of aromatic nitrogens is 4. The zero-order valence-corrected chi connectivity index (χ0v) is 13.9. The molecule has 0 N–H and O–H groups in total. The zero-order valence-electron chi connectivity index (χ0n) is 13.2. The summed E-state index contributed by atoms with van der Waals surface area (Å²) < 4.78 is 1.64. The van der Waals surface area contributed by atoms with Crippen molar-refractivity contribution in [3.05, 3.63) is 35.4 Å². The second-order valence-electron chi connectivity index (χ2n) is 5.71. The van der Waals surface area contributed by atoms with Gasteiger partial charge < -0.3 is 9.80 Å². The molecule has 0 saturated carbocycles. The lowest BCUT2D eigenvalue weighted by atomic mass is 10.0. The highest BCUT2D eigenvalue weighted by atomic mass is 35.5. The highest BCUT2D eigenvalue weighted by Gasteiger charge is 2.27. The number of carbonyl (C=O) groups is 1. The minimum absolute atomic E-state index is 0.0354. The molecule has 1 fully saturated rings. The smallest absolute Gasteiger partial charge is 0.274 e. The Hall–Kier alpha value is -2.15. The van der Waals surface area contributed by atoms with Crippen LogP contribution in [0.4, 0.5) is 5.95 Å². The van der Waals surface area contributed by atoms with Crippen LogP contribution < -0.4 is 4.90 Å². The monoisotopic (exact) mass is 334 g/mol. The van der Waals surface area contributed by atoms with Crippen molar-refractivity contribution in [1.82, 2.24) is 24.6 Å². The molecule has 2 aromatic rings. The van der Waals surface area contributed by atoms with Gasteiger partial charge in [-0.2, -0.15) is 5.10 Å². The molecule has 23 heavy (non-hydrogen) atoms. The van der Waals surface area contributed by atoms with Crippen molar-refractivity contribution in [2.45, 2.75) is 18.9 Å². The molecule has 1 amide bonds. The number of nitrogens with zero attached hydrogens (tertiary/aromatic N) is 6. The second-order valence-corrected chi connectivity index (χ2v) is 6.15. The number of rotatable bonds is 3. The van der Waals surface area contributed by atoms with Crippen LogP contribution >= 0.6 is 11.6 Å². The highest BCUT2D eigenvalue weighted by molar-refractivity contribution is 6.30. The SMILES string of the molecule is CN(C(=O)c1ccn(C)n1)C1CCN(c2ncc(Cl)cn2)CC1. The van der Waals surface area contributed by atoms with Gasteiger partial charge in [-0.05, 0) is 18.9 Å². The molecule has 0 bridgehead atoms. The second kappa shape index (κ2) is 6.54. The lowest BCUT2D eigenvalue weighted by molar-refractivity contribution is 0.0702. The molecule has 2 aromatic heterocycles. The molecule has 1 aliphatic rings. The summed E-state index contributed by atoms with van der Waals surface area (Å²) in [6, 6.07) is 1.95. The summed E-state index contributed by atoms with van der Waals surface area (Å²) >= 11 is 5.81. The molecular formula is C15H19ClN6O. The molecule has 0 atom stereocenters. The Morgan fingerprint density at radius 1 is 1.30 bits per heavy atom. The van der Waals surface area contributed by atoms with Gasteiger partial charge in [0.25, 0.3) is 5.91 Å². The van der Waals surface area contributed by atoms with Gasteiger partial charge in [-0.15, -0.1) is 0 Å². The Labute approximate surface area is 139 Å². The van der Waals surface area contributed by atoms with Crippen LogP contribution in [-0.4, -0.2) is 56.7 Å². The maximum Gasteiger partial charge on any atom is 0.274 e. The minimum Gasteiger partial charge on any atom is -0.341 e. The molecule has 7 nitrogen and oxygen atoms in total. The van der Waals surface area contributed by atoms with Crippen molar-refractivity contribution in [3.63, 3.8) is 0 Å². The van der Waals surface area contributed by atoms with Crippen LogP contribution in [0.2, 0.25) is 5.02 Å². The van der Waals surface area contributed by atoms with Crippen molar-refractivity contribution >= 4 is 23.5 Å². The van der Waals surface area contributed by atoms with Crippen LogP contribution in [0.1, 0.15) is 23.3 Å². The van der Waals surface area contributed by atoms with Crippen molar-refractivity contribution in [1.29, 1.82) is 0 Å². The third-order valence-electron chi connectivity index (χ3n) is 4.15. The van der Waals surface area contributed by atoms with Crippen molar-refractivity contribution in [2.24, 2.45) is 7.05 Å². The van der Waals surface area contributed by atoms with Crippen LogP contribution in [0.25, 0.3) is 0 Å². The van der Waals surface area contributed by atoms with Crippen LogP contribution in [0.3, 0.4) is 0 Å². The van der Waals surface area contributed by atoms with Gasteiger partial charge in [-0.3, -0.25) is 9.48 Å². The third-order valence-corrected chi connectivity index (χ3v) is 4.35. The summed E-state index contributed by atoms with van der Waals surface area (Å²) in [6.45, 7) is 1.62. The third kappa shape index (κ3) is 3.44. The molecule has 1 aliphatic heterocycles. The topological polar surface area (TPSA) is 67.2 Å². The van der Waals surface area contributed by atoms with Gasteiger partial charge in [0.05, 0.1) is 17.4 Å². The lowest BCUT2D eigenvalue weighted by Gasteiger charge is -2.36. The highest BCUT2D eigenvalue weighted by Crippen LogP contribution is 2.20. The Morgan fingerprint density at radius 2 is 1.96 bits per heavy atom. The van der Waals surface area contributed by atoms with Gasteiger partial charge in [0, 0.05) is 39.4 Å². The summed E-state index contributed by atoms with van der Waals surface area (Å²) in [4.78, 5) is 24.8. The molecule has 0 radical (unpaired) electrons. The summed E-state index contributed by atoms with van der Waals surface area (Å²) in [5.41, 5.74) is 0.485. The maximum absolute atomic E-state index is 12.4. The van der Waals surface area contributed by atoms with Crippen LogP contribution in [0.15, 0.2) is 24.7 Å². The van der Waals surface area contributed by atoms with Crippen molar-refractivity contribution in [3.8, 4) is 0 Å². The first-order chi connectivity index (χ1) is 11.0. The largest absolute Gasteiger partial charge is 0.341 e. The summed E-state index contributed by atoms with van der Waals surface area (Å²) in [5, 5.41) is 4.71. The fourth-order valence-corrected chi connectivity index (χ4v) is 2.90. The van der Waals surface area contributed by atoms with Crippen LogP contribution in [0.5, 0.6) is 0 Å². The van der Waals surface area contributed by atoms with E-state index >= 15 is 0 Å². The molecule has 1 saturated heterocycles. The molecule has 3 rings (SSSR count). The molecule has 8 heteroatoms. The van der Waals surface area contributed by atoms with E-state index in [9.17, 15) is 4.79 Å². The van der Waals surface area contributed by atoms with E-state index in [1.807, 2.05) is 7.05 Å². The predicted molar refractivity (Wildman–Crippen MR) is 87.6 cm³/mol. The molecule has 0 aromatic carbocycles. The van der Waals surface area contributed by atoms with Crippen molar-refractivity contribution < 1.29 is 4.79 Å². The van der Waals surface area contributed by atoms with E-state index in [0.29, 0.717) is 16.7 Å². The molecular weight excluding hydrogens is 316 g/mol. The fourth-order valence-electron chi connectivity index (χ4n) is 2.80. The number of hydrogen-bond acceptors (Lipinski definition) is 5. The van der Waals surface area contributed by atoms with E-state index < -0.39 is 0 Å². The first-order valence-corrected chi connectivity index (χ1v) is 7.91. The van der Waals surface area contributed by atoms with E-state index in [4.69, 9.17) is 11.6 Å². The van der Waals surface area contributed by atoms with E-state index in [1.54, 1.807) is 41.3 Å². The Kier molecular flexibility index (Phi) is 4.47. The van der Waals surface area contributed by atoms with Gasteiger partial charge >= 0.3 is 0 Å². The normalized spacial score (nSPS) is 15.7. The van der Waals surface area contributed by atoms with Gasteiger partial charge in [-0.25, -0.2) is 9.97 Å². The number of piperidine rings is 1. The summed E-state index contributed by atoms with van der Waals surface area (Å²) in [5.74, 6) is 0.651. The number of amides is 1. The van der Waals surface area contributed by atoms with Gasteiger partial charge in [0.15, 0.2) is 0 Å².